The first-order valence-corrected chi connectivity index (χ1v) is 12.2. The number of imide groups is 1. The molecule has 164 valence electrons. The monoisotopic (exact) mass is 434 g/mol. The van der Waals surface area contributed by atoms with E-state index in [1.807, 2.05) is 37.3 Å². The second-order valence-corrected chi connectivity index (χ2v) is 10.0. The van der Waals surface area contributed by atoms with Gasteiger partial charge in [0.05, 0.1) is 12.4 Å². The van der Waals surface area contributed by atoms with Crippen LogP contribution in [0.25, 0.3) is 0 Å². The van der Waals surface area contributed by atoms with Crippen LogP contribution in [-0.4, -0.2) is 32.6 Å². The quantitative estimate of drug-likeness (QED) is 0.412. The van der Waals surface area contributed by atoms with Crippen molar-refractivity contribution in [1.29, 1.82) is 0 Å². The number of carbonyl (C=O) groups excluding carboxylic acids is 2. The Hall–Kier alpha value is -2.19. The van der Waals surface area contributed by atoms with Crippen molar-refractivity contribution in [3.05, 3.63) is 42.0 Å². The van der Waals surface area contributed by atoms with E-state index in [-0.39, 0.29) is 29.5 Å². The van der Waals surface area contributed by atoms with Crippen LogP contribution in [0, 0.1) is 11.8 Å². The average Bonchev–Trinajstić information content (AvgIpc) is 3.52. The first-order valence-electron chi connectivity index (χ1n) is 10.5. The lowest BCUT2D eigenvalue weighted by atomic mass is 9.95. The largest absolute Gasteiger partial charge is 0.493 e. The molecule has 1 aliphatic heterocycles. The molecule has 2 atom stereocenters. The number of nitrogens with one attached hydrogen (secondary N) is 2. The fourth-order valence-corrected chi connectivity index (χ4v) is 4.57. The molecule has 1 saturated heterocycles. The Morgan fingerprint density at radius 1 is 1.23 bits per heavy atom. The summed E-state index contributed by atoms with van der Waals surface area (Å²) in [6.45, 7) is 2.53. The minimum absolute atomic E-state index is 0.0267. The van der Waals surface area contributed by atoms with E-state index in [2.05, 4.69) is 10.0 Å². The van der Waals surface area contributed by atoms with Gasteiger partial charge in [-0.15, -0.1) is 0 Å². The lowest BCUT2D eigenvalue weighted by molar-refractivity contribution is -0.136. The fraction of sp³-hybridized carbons (Fsp3) is 0.545. The summed E-state index contributed by atoms with van der Waals surface area (Å²) in [4.78, 5) is 22.9. The predicted molar refractivity (Wildman–Crippen MR) is 114 cm³/mol. The van der Waals surface area contributed by atoms with Crippen molar-refractivity contribution >= 4 is 21.8 Å². The zero-order valence-corrected chi connectivity index (χ0v) is 18.1. The van der Waals surface area contributed by atoms with Gasteiger partial charge in [-0.1, -0.05) is 24.3 Å². The van der Waals surface area contributed by atoms with E-state index in [9.17, 15) is 18.0 Å². The van der Waals surface area contributed by atoms with Crippen LogP contribution in [-0.2, 0) is 19.6 Å². The number of piperidine rings is 1. The highest BCUT2D eigenvalue weighted by Crippen LogP contribution is 2.30. The first-order chi connectivity index (χ1) is 14.3. The van der Waals surface area contributed by atoms with Gasteiger partial charge in [0.15, 0.2) is 0 Å². The average molecular weight is 435 g/mol. The van der Waals surface area contributed by atoms with E-state index in [1.54, 1.807) is 6.08 Å². The van der Waals surface area contributed by atoms with Gasteiger partial charge < -0.3 is 4.74 Å². The number of ether oxygens (including phenoxy) is 1. The van der Waals surface area contributed by atoms with Gasteiger partial charge >= 0.3 is 0 Å². The van der Waals surface area contributed by atoms with Crippen molar-refractivity contribution in [3.8, 4) is 5.75 Å². The maximum absolute atomic E-state index is 12.4. The Balaban J connectivity index is 1.42. The van der Waals surface area contributed by atoms with Gasteiger partial charge in [-0.2, -0.15) is 0 Å². The van der Waals surface area contributed by atoms with Crippen LogP contribution in [0.4, 0.5) is 0 Å². The van der Waals surface area contributed by atoms with Crippen LogP contribution in [0.5, 0.6) is 5.75 Å². The SMILES string of the molecule is CC(NS(=O)(=O)CC/C=C/CC1CCC(=O)NC1=O)c1cccc(OCC2CC2)c1. The molecule has 7 nitrogen and oxygen atoms in total. The lowest BCUT2D eigenvalue weighted by Crippen LogP contribution is -2.40. The molecule has 2 fully saturated rings. The number of sulfonamides is 1. The van der Waals surface area contributed by atoms with Crippen LogP contribution in [0.15, 0.2) is 36.4 Å². The van der Waals surface area contributed by atoms with Gasteiger partial charge in [0, 0.05) is 18.4 Å². The Morgan fingerprint density at radius 3 is 2.77 bits per heavy atom. The molecule has 3 rings (SSSR count). The Morgan fingerprint density at radius 2 is 2.03 bits per heavy atom. The Bertz CT molecular complexity index is 893. The van der Waals surface area contributed by atoms with Crippen LogP contribution >= 0.6 is 0 Å². The normalized spacial score (nSPS) is 20.9. The van der Waals surface area contributed by atoms with Crippen LogP contribution in [0.2, 0.25) is 0 Å². The third kappa shape index (κ3) is 7.25. The van der Waals surface area contributed by atoms with Gasteiger partial charge in [-0.3, -0.25) is 14.9 Å². The summed E-state index contributed by atoms with van der Waals surface area (Å²) in [7, 11) is -3.45. The summed E-state index contributed by atoms with van der Waals surface area (Å²) in [6, 6.07) is 7.18. The molecular formula is C22H30N2O5S. The maximum Gasteiger partial charge on any atom is 0.229 e. The highest BCUT2D eigenvalue weighted by molar-refractivity contribution is 7.89. The second kappa shape index (κ2) is 10.2. The van der Waals surface area contributed by atoms with E-state index in [1.165, 1.54) is 12.8 Å². The molecular weight excluding hydrogens is 404 g/mol. The van der Waals surface area contributed by atoms with Crippen molar-refractivity contribution < 1.29 is 22.7 Å². The number of allylic oxidation sites excluding steroid dienone is 2. The Labute approximate surface area is 178 Å². The summed E-state index contributed by atoms with van der Waals surface area (Å²) in [6.07, 6.45) is 7.80. The zero-order chi connectivity index (χ0) is 21.6. The summed E-state index contributed by atoms with van der Waals surface area (Å²) < 4.78 is 33.3. The highest BCUT2D eigenvalue weighted by atomic mass is 32.2. The summed E-state index contributed by atoms with van der Waals surface area (Å²) in [5, 5.41) is 2.33. The molecule has 30 heavy (non-hydrogen) atoms. The topological polar surface area (TPSA) is 102 Å². The van der Waals surface area contributed by atoms with E-state index >= 15 is 0 Å². The van der Waals surface area contributed by atoms with Crippen molar-refractivity contribution in [1.82, 2.24) is 10.0 Å². The molecule has 2 unspecified atom stereocenters. The molecule has 0 aromatic heterocycles. The van der Waals surface area contributed by atoms with E-state index in [4.69, 9.17) is 4.74 Å². The van der Waals surface area contributed by atoms with Gasteiger partial charge in [0.1, 0.15) is 5.75 Å². The molecule has 1 aromatic rings. The van der Waals surface area contributed by atoms with Gasteiger partial charge in [0.25, 0.3) is 0 Å². The first kappa shape index (κ1) is 22.5. The minimum atomic E-state index is -3.45. The van der Waals surface area contributed by atoms with Crippen molar-refractivity contribution in [2.75, 3.05) is 12.4 Å². The molecule has 0 bridgehead atoms. The van der Waals surface area contributed by atoms with E-state index < -0.39 is 10.0 Å². The molecule has 2 aliphatic rings. The number of amides is 2. The fourth-order valence-electron chi connectivity index (χ4n) is 3.33. The Kier molecular flexibility index (Phi) is 7.66. The summed E-state index contributed by atoms with van der Waals surface area (Å²) in [5.74, 6) is 0.701. The number of hydrogen-bond acceptors (Lipinski definition) is 5. The number of rotatable bonds is 11. The summed E-state index contributed by atoms with van der Waals surface area (Å²) in [5.41, 5.74) is 0.861. The smallest absolute Gasteiger partial charge is 0.229 e. The number of carbonyl (C=O) groups is 2. The summed E-state index contributed by atoms with van der Waals surface area (Å²) >= 11 is 0. The number of hydrogen-bond donors (Lipinski definition) is 2. The van der Waals surface area contributed by atoms with E-state index in [0.29, 0.717) is 38.2 Å². The van der Waals surface area contributed by atoms with Crippen LogP contribution in [0.3, 0.4) is 0 Å². The van der Waals surface area contributed by atoms with Gasteiger partial charge in [-0.05, 0) is 62.6 Å². The van der Waals surface area contributed by atoms with Crippen LogP contribution in [0.1, 0.15) is 57.1 Å². The van der Waals surface area contributed by atoms with Crippen molar-refractivity contribution in [3.63, 3.8) is 0 Å². The maximum atomic E-state index is 12.4. The number of benzene rings is 1. The van der Waals surface area contributed by atoms with Crippen molar-refractivity contribution in [2.24, 2.45) is 11.8 Å². The van der Waals surface area contributed by atoms with Gasteiger partial charge in [0.2, 0.25) is 21.8 Å². The van der Waals surface area contributed by atoms with Gasteiger partial charge in [-0.25, -0.2) is 13.1 Å². The van der Waals surface area contributed by atoms with Crippen molar-refractivity contribution in [2.45, 2.75) is 51.5 Å². The lowest BCUT2D eigenvalue weighted by Gasteiger charge is -2.19. The minimum Gasteiger partial charge on any atom is -0.493 e. The molecule has 1 heterocycles. The molecule has 1 saturated carbocycles. The molecule has 1 aromatic carbocycles. The van der Waals surface area contributed by atoms with Crippen LogP contribution < -0.4 is 14.8 Å². The third-order valence-electron chi connectivity index (χ3n) is 5.39. The standard InChI is InChI=1S/C22H30N2O5S/c1-16(19-7-5-8-20(14-19)29-15-17-9-10-17)24-30(27,28)13-4-2-3-6-18-11-12-21(25)23-22(18)26/h2-3,5,7-8,14,16-18,24H,4,6,9-13,15H2,1H3,(H,23,25,26)/b3-2+. The third-order valence-corrected chi connectivity index (χ3v) is 6.88. The molecule has 1 aliphatic carbocycles. The molecule has 2 N–H and O–H groups in total. The second-order valence-electron chi connectivity index (χ2n) is 8.13. The molecule has 0 spiro atoms. The molecule has 8 heteroatoms. The highest BCUT2D eigenvalue weighted by Gasteiger charge is 2.25. The predicted octanol–water partition coefficient (Wildman–Crippen LogP) is 2.85. The van der Waals surface area contributed by atoms with E-state index in [0.717, 1.165) is 11.3 Å². The molecule has 0 radical (unpaired) electrons. The molecule has 2 amide bonds. The zero-order valence-electron chi connectivity index (χ0n) is 17.3.